The molecule has 0 bridgehead atoms. The maximum Gasteiger partial charge on any atom is 0.409 e. The fourth-order valence-electron chi connectivity index (χ4n) is 4.73. The molecule has 1 aliphatic carbocycles. The minimum atomic E-state index is -0.801. The van der Waals surface area contributed by atoms with Crippen molar-refractivity contribution in [2.75, 3.05) is 19.7 Å². The molecule has 5 rings (SSSR count). The van der Waals surface area contributed by atoms with Gasteiger partial charge in [-0.25, -0.2) is 9.78 Å². The van der Waals surface area contributed by atoms with Gasteiger partial charge in [0.2, 0.25) is 0 Å². The van der Waals surface area contributed by atoms with Crippen LogP contribution in [0.1, 0.15) is 40.6 Å². The van der Waals surface area contributed by atoms with Crippen molar-refractivity contribution >= 4 is 17.4 Å². The summed E-state index contributed by atoms with van der Waals surface area (Å²) in [5.74, 6) is 0.0613. The number of aryl methyl sites for hydroxylation is 1. The molecule has 0 saturated carbocycles. The summed E-state index contributed by atoms with van der Waals surface area (Å²) in [6.45, 7) is 3.28. The van der Waals surface area contributed by atoms with Gasteiger partial charge in [0, 0.05) is 36.5 Å². The first-order valence-electron chi connectivity index (χ1n) is 10.8. The van der Waals surface area contributed by atoms with E-state index in [1.165, 1.54) is 22.3 Å². The van der Waals surface area contributed by atoms with Crippen LogP contribution in [0.5, 0.6) is 0 Å². The molecule has 0 unspecified atom stereocenters. The number of aromatic nitrogens is 1. The maximum atomic E-state index is 12.8. The molecule has 1 fully saturated rings. The molecule has 2 aliphatic rings. The third kappa shape index (κ3) is 3.98. The molecule has 0 atom stereocenters. The van der Waals surface area contributed by atoms with Crippen LogP contribution >= 0.6 is 11.3 Å². The van der Waals surface area contributed by atoms with Crippen LogP contribution in [0.3, 0.4) is 0 Å². The predicted molar refractivity (Wildman–Crippen MR) is 121 cm³/mol. The number of rotatable bonds is 4. The van der Waals surface area contributed by atoms with E-state index in [0.717, 1.165) is 10.7 Å². The van der Waals surface area contributed by atoms with E-state index in [-0.39, 0.29) is 12.0 Å². The van der Waals surface area contributed by atoms with Gasteiger partial charge in [-0.15, -0.1) is 11.3 Å². The molecule has 1 saturated heterocycles. The summed E-state index contributed by atoms with van der Waals surface area (Å²) in [7, 11) is 0. The molecule has 0 radical (unpaired) electrons. The van der Waals surface area contributed by atoms with Gasteiger partial charge in [-0.2, -0.15) is 0 Å². The molecule has 2 heterocycles. The van der Waals surface area contributed by atoms with Crippen LogP contribution in [0, 0.1) is 6.92 Å². The largest absolute Gasteiger partial charge is 0.448 e. The Morgan fingerprint density at radius 2 is 1.74 bits per heavy atom. The predicted octanol–water partition coefficient (Wildman–Crippen LogP) is 4.77. The molecule has 0 spiro atoms. The Bertz CT molecular complexity index is 1060. The minimum absolute atomic E-state index is 0.0613. The molecule has 3 aromatic rings. The van der Waals surface area contributed by atoms with Gasteiger partial charge in [-0.3, -0.25) is 0 Å². The van der Waals surface area contributed by atoms with Gasteiger partial charge in [-0.1, -0.05) is 48.5 Å². The van der Waals surface area contributed by atoms with Crippen molar-refractivity contribution in [2.24, 2.45) is 0 Å². The number of hydrogen-bond acceptors (Lipinski definition) is 5. The van der Waals surface area contributed by atoms with Crippen LogP contribution < -0.4 is 0 Å². The maximum absolute atomic E-state index is 12.8. The number of hydrogen-bond donors (Lipinski definition) is 1. The smallest absolute Gasteiger partial charge is 0.409 e. The number of piperidine rings is 1. The lowest BCUT2D eigenvalue weighted by molar-refractivity contribution is -0.0201. The van der Waals surface area contributed by atoms with Gasteiger partial charge >= 0.3 is 6.09 Å². The first-order chi connectivity index (χ1) is 15.0. The molecule has 6 heteroatoms. The van der Waals surface area contributed by atoms with Crippen molar-refractivity contribution in [3.63, 3.8) is 0 Å². The van der Waals surface area contributed by atoms with Crippen molar-refractivity contribution in [1.82, 2.24) is 9.88 Å². The van der Waals surface area contributed by atoms with Crippen LogP contribution in [0.25, 0.3) is 11.1 Å². The molecule has 1 aliphatic heterocycles. The van der Waals surface area contributed by atoms with Crippen molar-refractivity contribution < 1.29 is 14.6 Å². The highest BCUT2D eigenvalue weighted by atomic mass is 32.1. The average Bonchev–Trinajstić information content (AvgIpc) is 3.33. The van der Waals surface area contributed by atoms with Crippen LogP contribution in [0.2, 0.25) is 0 Å². The van der Waals surface area contributed by atoms with E-state index in [2.05, 4.69) is 29.2 Å². The summed E-state index contributed by atoms with van der Waals surface area (Å²) in [6.07, 6.45) is 1.32. The third-order valence-corrected chi connectivity index (χ3v) is 7.40. The zero-order valence-electron chi connectivity index (χ0n) is 17.6. The van der Waals surface area contributed by atoms with E-state index in [4.69, 9.17) is 4.74 Å². The number of likely N-dealkylation sites (tertiary alicyclic amines) is 1. The Balaban J connectivity index is 1.20. The van der Waals surface area contributed by atoms with E-state index in [0.29, 0.717) is 39.0 Å². The second-order valence-corrected chi connectivity index (χ2v) is 9.52. The second kappa shape index (κ2) is 8.09. The lowest BCUT2D eigenvalue weighted by Crippen LogP contribution is -2.48. The highest BCUT2D eigenvalue weighted by molar-refractivity contribution is 7.09. The fraction of sp³-hybridized carbons (Fsp3) is 0.360. The Morgan fingerprint density at radius 3 is 2.32 bits per heavy atom. The minimum Gasteiger partial charge on any atom is -0.448 e. The lowest BCUT2D eigenvalue weighted by atomic mass is 9.88. The van der Waals surface area contributed by atoms with Crippen LogP contribution in [-0.2, 0) is 11.2 Å². The quantitative estimate of drug-likeness (QED) is 0.643. The van der Waals surface area contributed by atoms with Gasteiger partial charge in [0.05, 0.1) is 10.6 Å². The fourth-order valence-corrected chi connectivity index (χ4v) is 5.64. The van der Waals surface area contributed by atoms with Gasteiger partial charge in [0.25, 0.3) is 0 Å². The lowest BCUT2D eigenvalue weighted by Gasteiger charge is -2.37. The second-order valence-electron chi connectivity index (χ2n) is 8.57. The van der Waals surface area contributed by atoms with Crippen molar-refractivity contribution in [1.29, 1.82) is 0 Å². The average molecular weight is 435 g/mol. The van der Waals surface area contributed by atoms with Crippen LogP contribution in [0.15, 0.2) is 53.9 Å². The number of thiazole rings is 1. The van der Waals surface area contributed by atoms with Gasteiger partial charge in [0.15, 0.2) is 0 Å². The first kappa shape index (κ1) is 20.2. The molecular formula is C25H26N2O3S. The number of carbonyl (C=O) groups is 1. The van der Waals surface area contributed by atoms with Gasteiger partial charge in [-0.05, 0) is 42.0 Å². The Hall–Kier alpha value is -2.70. The van der Waals surface area contributed by atoms with Crippen molar-refractivity contribution in [3.8, 4) is 11.1 Å². The first-order valence-corrected chi connectivity index (χ1v) is 11.6. The van der Waals surface area contributed by atoms with Crippen LogP contribution in [-0.4, -0.2) is 46.4 Å². The molecular weight excluding hydrogens is 408 g/mol. The molecule has 1 N–H and O–H groups in total. The number of ether oxygens (including phenoxy) is 1. The van der Waals surface area contributed by atoms with Crippen molar-refractivity contribution in [2.45, 2.75) is 37.7 Å². The Labute approximate surface area is 186 Å². The Morgan fingerprint density at radius 1 is 1.13 bits per heavy atom. The molecule has 31 heavy (non-hydrogen) atoms. The summed E-state index contributed by atoms with van der Waals surface area (Å²) >= 11 is 1.58. The topological polar surface area (TPSA) is 62.7 Å². The zero-order chi connectivity index (χ0) is 21.4. The molecule has 5 nitrogen and oxygen atoms in total. The van der Waals surface area contributed by atoms with Gasteiger partial charge in [0.1, 0.15) is 6.61 Å². The highest BCUT2D eigenvalue weighted by Crippen LogP contribution is 2.44. The standard InChI is InChI=1S/C25H26N2O3S/c1-17-16-31-23(26-17)14-25(29)10-12-27(13-11-25)24(28)30-15-22-20-8-4-2-6-18(20)19-7-3-5-9-21(19)22/h2-9,16,22,29H,10-15H2,1H3. The molecule has 1 amide bonds. The van der Waals surface area contributed by atoms with E-state index in [9.17, 15) is 9.90 Å². The third-order valence-electron chi connectivity index (χ3n) is 6.44. The number of carbonyl (C=O) groups excluding carboxylic acids is 1. The molecule has 2 aromatic carbocycles. The summed E-state index contributed by atoms with van der Waals surface area (Å²) in [5, 5.41) is 13.9. The Kier molecular flexibility index (Phi) is 5.28. The summed E-state index contributed by atoms with van der Waals surface area (Å²) in [5.41, 5.74) is 5.05. The number of aliphatic hydroxyl groups is 1. The van der Waals surface area contributed by atoms with Crippen LogP contribution in [0.4, 0.5) is 4.79 Å². The summed E-state index contributed by atoms with van der Waals surface area (Å²) in [6, 6.07) is 16.7. The number of nitrogens with zero attached hydrogens (tertiary/aromatic N) is 2. The molecule has 160 valence electrons. The zero-order valence-corrected chi connectivity index (χ0v) is 18.4. The highest BCUT2D eigenvalue weighted by Gasteiger charge is 2.36. The van der Waals surface area contributed by atoms with Gasteiger partial charge < -0.3 is 14.7 Å². The van der Waals surface area contributed by atoms with Crippen molar-refractivity contribution in [3.05, 3.63) is 75.7 Å². The molecule has 1 aromatic heterocycles. The summed E-state index contributed by atoms with van der Waals surface area (Å²) in [4.78, 5) is 18.9. The number of fused-ring (bicyclic) bond motifs is 3. The van der Waals surface area contributed by atoms with E-state index >= 15 is 0 Å². The normalized spacial score (nSPS) is 17.3. The number of benzene rings is 2. The van der Waals surface area contributed by atoms with E-state index < -0.39 is 5.60 Å². The SMILES string of the molecule is Cc1csc(CC2(O)CCN(C(=O)OCC3c4ccccc4-c4ccccc43)CC2)n1. The van der Waals surface area contributed by atoms with E-state index in [1.54, 1.807) is 16.2 Å². The summed E-state index contributed by atoms with van der Waals surface area (Å²) < 4.78 is 5.76. The monoisotopic (exact) mass is 434 g/mol. The number of amides is 1. The van der Waals surface area contributed by atoms with E-state index in [1.807, 2.05) is 36.6 Å².